The number of ether oxygens (including phenoxy) is 1. The summed E-state index contributed by atoms with van der Waals surface area (Å²) in [5, 5.41) is 7.77. The van der Waals surface area contributed by atoms with E-state index in [1.165, 1.54) is 12.8 Å². The fourth-order valence-corrected chi connectivity index (χ4v) is 6.83. The van der Waals surface area contributed by atoms with Crippen molar-refractivity contribution in [2.45, 2.75) is 82.4 Å². The normalized spacial score (nSPS) is 19.8. The number of benzene rings is 1. The number of aromatic nitrogens is 3. The van der Waals surface area contributed by atoms with Crippen molar-refractivity contribution in [2.75, 3.05) is 37.4 Å². The minimum atomic E-state index is -0.168. The number of piperidine rings is 1. The number of hydrogen-bond donors (Lipinski definition) is 2. The Labute approximate surface area is 264 Å². The molecule has 5 heterocycles. The van der Waals surface area contributed by atoms with Crippen molar-refractivity contribution >= 4 is 28.4 Å². The Bertz CT molecular complexity index is 1730. The van der Waals surface area contributed by atoms with Crippen LogP contribution in [0.5, 0.6) is 0 Å². The molecule has 2 aliphatic heterocycles. The second kappa shape index (κ2) is 13.5. The van der Waals surface area contributed by atoms with Gasteiger partial charge in [-0.2, -0.15) is 4.98 Å². The maximum absolute atomic E-state index is 14.0. The molecule has 234 valence electrons. The van der Waals surface area contributed by atoms with Gasteiger partial charge in [0.05, 0.1) is 18.4 Å². The van der Waals surface area contributed by atoms with Crippen molar-refractivity contribution < 1.29 is 9.15 Å². The van der Waals surface area contributed by atoms with Crippen LogP contribution in [0.1, 0.15) is 80.6 Å². The van der Waals surface area contributed by atoms with E-state index in [0.29, 0.717) is 42.3 Å². The highest BCUT2D eigenvalue weighted by atomic mass is 16.5. The first kappa shape index (κ1) is 29.6. The largest absolute Gasteiger partial charge is 0.469 e. The Hall–Kier alpha value is -4.13. The second-order valence-corrected chi connectivity index (χ2v) is 12.8. The highest BCUT2D eigenvalue weighted by Gasteiger charge is 2.24. The molecule has 0 amide bonds. The van der Waals surface area contributed by atoms with Gasteiger partial charge in [-0.15, -0.1) is 0 Å². The third-order valence-electron chi connectivity index (χ3n) is 9.44. The molecule has 0 bridgehead atoms. The molecule has 9 nitrogen and oxygen atoms in total. The highest BCUT2D eigenvalue weighted by molar-refractivity contribution is 5.77. The monoisotopic (exact) mass is 606 g/mol. The Balaban J connectivity index is 1.17. The van der Waals surface area contributed by atoms with Crippen LogP contribution >= 0.6 is 0 Å². The molecule has 2 saturated heterocycles. The second-order valence-electron chi connectivity index (χ2n) is 12.8. The zero-order valence-electron chi connectivity index (χ0n) is 26.1. The minimum absolute atomic E-state index is 0.140. The number of hydrogen-bond acceptors (Lipinski definition) is 8. The van der Waals surface area contributed by atoms with Crippen LogP contribution in [0, 0.1) is 11.8 Å². The van der Waals surface area contributed by atoms with E-state index in [0.717, 1.165) is 86.1 Å². The first-order valence-electron chi connectivity index (χ1n) is 16.5. The average Bonchev–Trinajstić information content (AvgIpc) is 3.77. The lowest BCUT2D eigenvalue weighted by Gasteiger charge is -2.30. The number of nitrogens with one attached hydrogen (secondary N) is 2. The lowest BCUT2D eigenvalue weighted by atomic mass is 10.0. The number of fused-ring (bicyclic) bond motifs is 1. The summed E-state index contributed by atoms with van der Waals surface area (Å²) in [6, 6.07) is 12.5. The molecule has 3 aliphatic rings. The molecule has 1 aromatic carbocycles. The molecule has 0 spiro atoms. The fraction of sp³-hybridized carbons (Fsp3) is 0.472. The fourth-order valence-electron chi connectivity index (χ4n) is 6.83. The first-order chi connectivity index (χ1) is 22.1. The van der Waals surface area contributed by atoms with Crippen molar-refractivity contribution in [3.8, 4) is 11.8 Å². The molecule has 9 heteroatoms. The van der Waals surface area contributed by atoms with Crippen molar-refractivity contribution in [1.82, 2.24) is 19.4 Å². The zero-order valence-corrected chi connectivity index (χ0v) is 26.1. The lowest BCUT2D eigenvalue weighted by molar-refractivity contribution is 0.0526. The van der Waals surface area contributed by atoms with E-state index >= 15 is 0 Å². The van der Waals surface area contributed by atoms with E-state index in [4.69, 9.17) is 14.1 Å². The van der Waals surface area contributed by atoms with Gasteiger partial charge in [0, 0.05) is 47.1 Å². The van der Waals surface area contributed by atoms with E-state index in [-0.39, 0.29) is 11.7 Å². The van der Waals surface area contributed by atoms with Crippen LogP contribution in [-0.4, -0.2) is 58.3 Å². The van der Waals surface area contributed by atoms with Crippen molar-refractivity contribution in [2.24, 2.45) is 0 Å². The summed E-state index contributed by atoms with van der Waals surface area (Å²) in [7, 11) is 2.18. The van der Waals surface area contributed by atoms with Gasteiger partial charge in [0.25, 0.3) is 5.56 Å². The first-order valence-corrected chi connectivity index (χ1v) is 16.5. The average molecular weight is 607 g/mol. The molecule has 3 fully saturated rings. The predicted octanol–water partition coefficient (Wildman–Crippen LogP) is 6.26. The molecule has 1 aliphatic carbocycles. The standard InChI is InChI=1S/C36H42N6O3/c1-41-18-15-31(16-19-41)38-29-10-12-30(13-11-29)39-36-37-23-28-22-26(9-14-32-8-4-5-20-44-32)35(43)42(34(28)40-36)24-27-17-21-45-33(27)25-6-2-3-7-25/h10-13,17,21-23,25,31-32,38H,2-8,15-16,18-20,24H2,1H3,(H,37,39,40). The Morgan fingerprint density at radius 2 is 1.76 bits per heavy atom. The molecular weight excluding hydrogens is 564 g/mol. The summed E-state index contributed by atoms with van der Waals surface area (Å²) in [4.78, 5) is 25.9. The van der Waals surface area contributed by atoms with Crippen LogP contribution in [-0.2, 0) is 11.3 Å². The Kier molecular flexibility index (Phi) is 8.85. The quantitative estimate of drug-likeness (QED) is 0.238. The van der Waals surface area contributed by atoms with Gasteiger partial charge in [-0.3, -0.25) is 9.36 Å². The van der Waals surface area contributed by atoms with Crippen molar-refractivity contribution in [1.29, 1.82) is 0 Å². The highest BCUT2D eigenvalue weighted by Crippen LogP contribution is 2.36. The third-order valence-corrected chi connectivity index (χ3v) is 9.44. The maximum atomic E-state index is 14.0. The molecule has 0 radical (unpaired) electrons. The predicted molar refractivity (Wildman–Crippen MR) is 177 cm³/mol. The zero-order chi connectivity index (χ0) is 30.6. The van der Waals surface area contributed by atoms with Gasteiger partial charge >= 0.3 is 0 Å². The molecule has 4 aromatic rings. The van der Waals surface area contributed by atoms with Crippen LogP contribution in [0.4, 0.5) is 17.3 Å². The van der Waals surface area contributed by atoms with E-state index in [1.54, 1.807) is 17.0 Å². The molecule has 2 N–H and O–H groups in total. The van der Waals surface area contributed by atoms with Crippen LogP contribution in [0.3, 0.4) is 0 Å². The topological polar surface area (TPSA) is 97.5 Å². The van der Waals surface area contributed by atoms with Crippen LogP contribution in [0.2, 0.25) is 0 Å². The number of rotatable bonds is 7. The maximum Gasteiger partial charge on any atom is 0.268 e. The van der Waals surface area contributed by atoms with Crippen LogP contribution in [0.15, 0.2) is 58.1 Å². The number of pyridine rings is 1. The molecule has 45 heavy (non-hydrogen) atoms. The van der Waals surface area contributed by atoms with Gasteiger partial charge in [-0.25, -0.2) is 4.98 Å². The van der Waals surface area contributed by atoms with Gasteiger partial charge < -0.3 is 24.7 Å². The Morgan fingerprint density at radius 1 is 0.978 bits per heavy atom. The molecular formula is C36H42N6O3. The number of nitrogens with zero attached hydrogens (tertiary/aromatic N) is 4. The molecule has 7 rings (SSSR count). The summed E-state index contributed by atoms with van der Waals surface area (Å²) in [6.45, 7) is 3.31. The minimum Gasteiger partial charge on any atom is -0.469 e. The number of furan rings is 1. The summed E-state index contributed by atoms with van der Waals surface area (Å²) in [5.74, 6) is 8.16. The number of anilines is 3. The van der Waals surface area contributed by atoms with E-state index in [2.05, 4.69) is 51.5 Å². The van der Waals surface area contributed by atoms with Gasteiger partial charge in [-0.05, 0) is 101 Å². The van der Waals surface area contributed by atoms with Gasteiger partial charge in [0.15, 0.2) is 0 Å². The molecule has 3 aromatic heterocycles. The van der Waals surface area contributed by atoms with Gasteiger partial charge in [0.1, 0.15) is 17.5 Å². The van der Waals surface area contributed by atoms with Gasteiger partial charge in [0.2, 0.25) is 5.95 Å². The number of likely N-dealkylation sites (tertiary alicyclic amines) is 1. The Morgan fingerprint density at radius 3 is 2.53 bits per heavy atom. The SMILES string of the molecule is CN1CCC(Nc2ccc(Nc3ncc4cc(C#CC5CCCCO5)c(=O)n(Cc5ccoc5C5CCCC5)c4n3)cc2)CC1. The van der Waals surface area contributed by atoms with E-state index in [1.807, 2.05) is 24.3 Å². The third kappa shape index (κ3) is 6.92. The van der Waals surface area contributed by atoms with E-state index < -0.39 is 0 Å². The smallest absolute Gasteiger partial charge is 0.268 e. The van der Waals surface area contributed by atoms with E-state index in [9.17, 15) is 4.79 Å². The summed E-state index contributed by atoms with van der Waals surface area (Å²) in [6.07, 6.45) is 13.4. The molecule has 1 saturated carbocycles. The van der Waals surface area contributed by atoms with Crippen molar-refractivity contribution in [3.05, 3.63) is 76.1 Å². The molecule has 1 unspecified atom stereocenters. The summed E-state index contributed by atoms with van der Waals surface area (Å²) < 4.78 is 13.5. The van der Waals surface area contributed by atoms with Crippen LogP contribution < -0.4 is 16.2 Å². The molecule has 1 atom stereocenters. The van der Waals surface area contributed by atoms with Crippen molar-refractivity contribution in [3.63, 3.8) is 0 Å². The summed E-state index contributed by atoms with van der Waals surface area (Å²) in [5.41, 5.74) is 3.83. The van der Waals surface area contributed by atoms with Gasteiger partial charge in [-0.1, -0.05) is 24.7 Å². The lowest BCUT2D eigenvalue weighted by Crippen LogP contribution is -2.36. The van der Waals surface area contributed by atoms with Crippen LogP contribution in [0.25, 0.3) is 11.0 Å². The summed E-state index contributed by atoms with van der Waals surface area (Å²) >= 11 is 0.